The number of carbonyl (C=O) groups excluding carboxylic acids is 4. The minimum absolute atomic E-state index is 0.0418. The molecule has 0 saturated carbocycles. The topological polar surface area (TPSA) is 80.8 Å². The smallest absolute Gasteiger partial charge is 0.342 e. The number of carbonyl (C=O) groups is 4. The Morgan fingerprint density at radius 2 is 1.07 bits per heavy atom. The number of ether oxygens (including phenoxy) is 1. The first-order valence-corrected chi connectivity index (χ1v) is 16.3. The van der Waals surface area contributed by atoms with Gasteiger partial charge in [0.05, 0.1) is 17.7 Å². The molecule has 0 saturated heterocycles. The normalized spacial score (nSPS) is 14.2. The molecule has 218 valence electrons. The SMILES string of the molecule is CCOC(=O)C(C(=O)[C@H](C(C)CC)N1C(=O)c2ccccc2C1=O)=P(c1ccccc1)(c1ccccc1)c1ccccc1. The zero-order chi connectivity index (χ0) is 30.6. The van der Waals surface area contributed by atoms with Gasteiger partial charge in [0.2, 0.25) is 0 Å². The van der Waals surface area contributed by atoms with Crippen molar-refractivity contribution in [3.8, 4) is 0 Å². The minimum atomic E-state index is -3.22. The van der Waals surface area contributed by atoms with Crippen molar-refractivity contribution in [2.75, 3.05) is 6.61 Å². The summed E-state index contributed by atoms with van der Waals surface area (Å²) in [5.74, 6) is -2.84. The molecule has 0 aromatic heterocycles. The lowest BCUT2D eigenvalue weighted by molar-refractivity contribution is -0.135. The van der Waals surface area contributed by atoms with Gasteiger partial charge in [0.25, 0.3) is 11.8 Å². The number of imide groups is 1. The van der Waals surface area contributed by atoms with Crippen molar-refractivity contribution in [3.05, 3.63) is 126 Å². The minimum Gasteiger partial charge on any atom is -0.462 e. The summed E-state index contributed by atoms with van der Waals surface area (Å²) in [6.07, 6.45) is 0.493. The van der Waals surface area contributed by atoms with Crippen LogP contribution in [0.2, 0.25) is 0 Å². The maximum Gasteiger partial charge on any atom is 0.342 e. The summed E-state index contributed by atoms with van der Waals surface area (Å²) in [5, 5.41) is 2.32. The fraction of sp³-hybridized carbons (Fsp3) is 0.194. The van der Waals surface area contributed by atoms with Crippen molar-refractivity contribution in [1.82, 2.24) is 4.90 Å². The van der Waals surface area contributed by atoms with E-state index in [9.17, 15) is 14.4 Å². The van der Waals surface area contributed by atoms with Crippen LogP contribution in [-0.4, -0.2) is 46.4 Å². The summed E-state index contributed by atoms with van der Waals surface area (Å²) in [6.45, 7) is 2.27. The van der Waals surface area contributed by atoms with E-state index in [1.165, 1.54) is 0 Å². The highest BCUT2D eigenvalue weighted by atomic mass is 31.2. The lowest BCUT2D eigenvalue weighted by Gasteiger charge is -2.35. The highest BCUT2D eigenvalue weighted by Gasteiger charge is 2.48. The third-order valence-electron chi connectivity index (χ3n) is 8.02. The number of ketones is 1. The molecule has 7 heteroatoms. The van der Waals surface area contributed by atoms with Gasteiger partial charge in [-0.3, -0.25) is 19.3 Å². The Kier molecular flexibility index (Phi) is 8.89. The fourth-order valence-electron chi connectivity index (χ4n) is 5.85. The number of amides is 2. The molecule has 0 aliphatic carbocycles. The van der Waals surface area contributed by atoms with Gasteiger partial charge < -0.3 is 4.74 Å². The van der Waals surface area contributed by atoms with Crippen LogP contribution in [0.15, 0.2) is 115 Å². The molecule has 0 bridgehead atoms. The Labute approximate surface area is 252 Å². The summed E-state index contributed by atoms with van der Waals surface area (Å²) in [4.78, 5) is 58.3. The highest BCUT2D eigenvalue weighted by molar-refractivity contribution is 7.97. The molecule has 5 rings (SSSR count). The summed E-state index contributed by atoms with van der Waals surface area (Å²) >= 11 is 0. The lowest BCUT2D eigenvalue weighted by Crippen LogP contribution is -2.53. The molecule has 0 radical (unpaired) electrons. The first-order valence-electron chi connectivity index (χ1n) is 14.5. The number of hydrogen-bond donors (Lipinski definition) is 0. The average Bonchev–Trinajstić information content (AvgIpc) is 3.30. The van der Waals surface area contributed by atoms with Gasteiger partial charge in [0.15, 0.2) is 5.78 Å². The van der Waals surface area contributed by atoms with E-state index in [1.807, 2.05) is 105 Å². The number of esters is 1. The molecule has 0 spiro atoms. The quantitative estimate of drug-likeness (QED) is 0.112. The molecule has 1 heterocycles. The second kappa shape index (κ2) is 12.8. The highest BCUT2D eigenvalue weighted by Crippen LogP contribution is 2.47. The van der Waals surface area contributed by atoms with E-state index in [-0.39, 0.29) is 23.0 Å². The van der Waals surface area contributed by atoms with Gasteiger partial charge in [-0.25, -0.2) is 4.79 Å². The van der Waals surface area contributed by atoms with Gasteiger partial charge in [0, 0.05) is 0 Å². The van der Waals surface area contributed by atoms with E-state index in [0.29, 0.717) is 6.42 Å². The third-order valence-corrected chi connectivity index (χ3v) is 12.3. The predicted octanol–water partition coefficient (Wildman–Crippen LogP) is 5.00. The zero-order valence-electron chi connectivity index (χ0n) is 24.5. The van der Waals surface area contributed by atoms with Crippen molar-refractivity contribution in [2.24, 2.45) is 5.92 Å². The van der Waals surface area contributed by atoms with Crippen LogP contribution in [0, 0.1) is 5.92 Å². The van der Waals surface area contributed by atoms with Gasteiger partial charge in [-0.2, -0.15) is 0 Å². The van der Waals surface area contributed by atoms with Gasteiger partial charge in [-0.15, -0.1) is 0 Å². The number of rotatable bonds is 10. The maximum atomic E-state index is 15.3. The Bertz CT molecular complexity index is 1580. The Morgan fingerprint density at radius 3 is 1.44 bits per heavy atom. The number of fused-ring (bicyclic) bond motifs is 1. The average molecular weight is 592 g/mol. The summed E-state index contributed by atoms with van der Waals surface area (Å²) in [7, 11) is 0. The van der Waals surface area contributed by atoms with Gasteiger partial charge in [-0.05, 0) is 47.8 Å². The predicted molar refractivity (Wildman–Crippen MR) is 172 cm³/mol. The van der Waals surface area contributed by atoms with Crippen molar-refractivity contribution in [1.29, 1.82) is 0 Å². The van der Waals surface area contributed by atoms with Crippen LogP contribution in [0.4, 0.5) is 0 Å². The first kappa shape index (κ1) is 29.9. The second-order valence-electron chi connectivity index (χ2n) is 10.5. The fourth-order valence-corrected chi connectivity index (χ4v) is 10.2. The maximum absolute atomic E-state index is 15.3. The van der Waals surface area contributed by atoms with Crippen LogP contribution in [0.25, 0.3) is 0 Å². The van der Waals surface area contributed by atoms with E-state index in [4.69, 9.17) is 4.74 Å². The molecule has 4 aromatic rings. The monoisotopic (exact) mass is 591 g/mol. The molecule has 2 amide bonds. The second-order valence-corrected chi connectivity index (χ2v) is 13.8. The van der Waals surface area contributed by atoms with Gasteiger partial charge in [0.1, 0.15) is 11.3 Å². The van der Waals surface area contributed by atoms with E-state index >= 15 is 4.79 Å². The van der Waals surface area contributed by atoms with Gasteiger partial charge in [-0.1, -0.05) is 123 Å². The van der Waals surface area contributed by atoms with Gasteiger partial charge >= 0.3 is 5.97 Å². The molecule has 0 fully saturated rings. The summed E-state index contributed by atoms with van der Waals surface area (Å²) in [6, 6.07) is 34.0. The summed E-state index contributed by atoms with van der Waals surface area (Å²) in [5.41, 5.74) is 0.503. The van der Waals surface area contributed by atoms with Crippen molar-refractivity contribution >= 4 is 51.7 Å². The van der Waals surface area contributed by atoms with Crippen LogP contribution in [0.3, 0.4) is 0 Å². The number of benzene rings is 4. The molecule has 1 aliphatic rings. The molecule has 1 aliphatic heterocycles. The largest absolute Gasteiger partial charge is 0.462 e. The van der Waals surface area contributed by atoms with Crippen LogP contribution in [0.5, 0.6) is 0 Å². The van der Waals surface area contributed by atoms with E-state index < -0.39 is 42.4 Å². The van der Waals surface area contributed by atoms with Crippen molar-refractivity contribution in [3.63, 3.8) is 0 Å². The molecule has 2 atom stereocenters. The first-order chi connectivity index (χ1) is 20.9. The number of nitrogens with zero attached hydrogens (tertiary/aromatic N) is 1. The molecule has 43 heavy (non-hydrogen) atoms. The molecule has 1 unspecified atom stereocenters. The lowest BCUT2D eigenvalue weighted by atomic mass is 9.92. The number of hydrogen-bond acceptors (Lipinski definition) is 5. The van der Waals surface area contributed by atoms with Crippen molar-refractivity contribution in [2.45, 2.75) is 33.2 Å². The van der Waals surface area contributed by atoms with E-state index in [1.54, 1.807) is 31.2 Å². The Morgan fingerprint density at radius 1 is 0.674 bits per heavy atom. The van der Waals surface area contributed by atoms with E-state index in [2.05, 4.69) is 0 Å². The number of Topliss-reactive ketones (excluding diaryl/α,β-unsaturated/α-hetero) is 1. The zero-order valence-corrected chi connectivity index (χ0v) is 25.4. The van der Waals surface area contributed by atoms with Crippen LogP contribution in [0.1, 0.15) is 47.9 Å². The molecule has 0 N–H and O–H groups in total. The van der Waals surface area contributed by atoms with Crippen LogP contribution >= 0.6 is 6.89 Å². The van der Waals surface area contributed by atoms with Crippen LogP contribution in [-0.2, 0) is 14.3 Å². The molecular weight excluding hydrogens is 557 g/mol. The summed E-state index contributed by atoms with van der Waals surface area (Å²) < 4.78 is 5.68. The van der Waals surface area contributed by atoms with Crippen molar-refractivity contribution < 1.29 is 23.9 Å². The molecular formula is C36H34NO5P. The third kappa shape index (κ3) is 5.17. The Balaban J connectivity index is 1.92. The van der Waals surface area contributed by atoms with E-state index in [0.717, 1.165) is 20.8 Å². The molecule has 6 nitrogen and oxygen atoms in total. The van der Waals surface area contributed by atoms with Crippen LogP contribution < -0.4 is 15.9 Å². The molecule has 4 aromatic carbocycles. The Hall–Kier alpha value is -4.54. The standard InChI is InChI=1S/C36H34NO5P/c1-4-25(3)31(37-34(39)29-23-15-16-24-30(29)35(37)40)32(38)33(36(41)42-5-2)43(26-17-9-6-10-18-26,27-19-11-7-12-20-27)28-21-13-8-14-22-28/h6-25,31H,4-5H2,1-3H3/t25?,31-/m0/s1.